The van der Waals surface area contributed by atoms with Crippen molar-refractivity contribution in [1.82, 2.24) is 5.32 Å². The van der Waals surface area contributed by atoms with E-state index in [4.69, 9.17) is 22.1 Å². The smallest absolute Gasteiger partial charge is 0.257 e. The highest BCUT2D eigenvalue weighted by atomic mass is 79.9. The van der Waals surface area contributed by atoms with Gasteiger partial charge in [-0.25, -0.2) is 4.39 Å². The zero-order valence-electron chi connectivity index (χ0n) is 11.9. The SMILES string of the molecule is NC(=S)NC(=O)c1cc(Br)c(OCc2c(F)cccc2Cl)c(Br)c1. The minimum absolute atomic E-state index is 0.0683. The highest BCUT2D eigenvalue weighted by Gasteiger charge is 2.15. The first-order valence-corrected chi connectivity index (χ1v) is 8.82. The molecule has 3 N–H and O–H groups in total. The molecule has 126 valence electrons. The van der Waals surface area contributed by atoms with E-state index in [-0.39, 0.29) is 22.3 Å². The summed E-state index contributed by atoms with van der Waals surface area (Å²) in [5.41, 5.74) is 5.84. The Morgan fingerprint density at radius 1 is 1.33 bits per heavy atom. The molecular formula is C15H10Br2ClFN2O2S. The summed E-state index contributed by atoms with van der Waals surface area (Å²) in [4.78, 5) is 11.9. The average molecular weight is 497 g/mol. The van der Waals surface area contributed by atoms with Crippen LogP contribution in [0.15, 0.2) is 39.3 Å². The molecule has 0 radical (unpaired) electrons. The van der Waals surface area contributed by atoms with E-state index in [1.807, 2.05) is 0 Å². The highest BCUT2D eigenvalue weighted by molar-refractivity contribution is 9.11. The van der Waals surface area contributed by atoms with Crippen molar-refractivity contribution in [3.8, 4) is 5.75 Å². The third-order valence-corrected chi connectivity index (χ3v) is 4.55. The standard InChI is InChI=1S/C15H10Br2ClFN2O2S/c16-9-4-7(14(22)21-15(20)24)5-10(17)13(9)23-6-8-11(18)2-1-3-12(8)19/h1-5H,6H2,(H3,20,21,22,24). The lowest BCUT2D eigenvalue weighted by Crippen LogP contribution is -2.34. The number of hydrogen-bond acceptors (Lipinski definition) is 3. The van der Waals surface area contributed by atoms with E-state index in [9.17, 15) is 9.18 Å². The van der Waals surface area contributed by atoms with E-state index in [0.717, 1.165) is 0 Å². The molecule has 0 bridgehead atoms. The van der Waals surface area contributed by atoms with Gasteiger partial charge in [0.05, 0.1) is 14.0 Å². The summed E-state index contributed by atoms with van der Waals surface area (Å²) in [5, 5.41) is 2.48. The van der Waals surface area contributed by atoms with Gasteiger partial charge in [-0.05, 0) is 68.3 Å². The zero-order valence-corrected chi connectivity index (χ0v) is 16.7. The number of amides is 1. The van der Waals surface area contributed by atoms with E-state index in [1.165, 1.54) is 24.3 Å². The zero-order chi connectivity index (χ0) is 17.9. The van der Waals surface area contributed by atoms with E-state index >= 15 is 0 Å². The summed E-state index contributed by atoms with van der Waals surface area (Å²) in [5.74, 6) is -0.504. The Labute approximate surface area is 164 Å². The number of rotatable bonds is 4. The summed E-state index contributed by atoms with van der Waals surface area (Å²) in [7, 11) is 0. The van der Waals surface area contributed by atoms with Crippen LogP contribution in [0.5, 0.6) is 5.75 Å². The second kappa shape index (κ2) is 8.24. The summed E-state index contributed by atoms with van der Waals surface area (Å²) < 4.78 is 20.4. The van der Waals surface area contributed by atoms with Crippen LogP contribution in [-0.2, 0) is 6.61 Å². The van der Waals surface area contributed by atoms with E-state index < -0.39 is 11.7 Å². The summed E-state index contributed by atoms with van der Waals surface area (Å²) in [6, 6.07) is 7.48. The van der Waals surface area contributed by atoms with Gasteiger partial charge in [0.25, 0.3) is 5.91 Å². The first kappa shape index (κ1) is 19.1. The Balaban J connectivity index is 2.23. The maximum absolute atomic E-state index is 13.8. The van der Waals surface area contributed by atoms with Crippen LogP contribution in [0.1, 0.15) is 15.9 Å². The minimum atomic E-state index is -0.456. The second-order valence-corrected chi connectivity index (χ2v) is 7.13. The Hall–Kier alpha value is -1.22. The number of benzene rings is 2. The Morgan fingerprint density at radius 3 is 2.50 bits per heavy atom. The van der Waals surface area contributed by atoms with E-state index in [1.54, 1.807) is 6.07 Å². The van der Waals surface area contributed by atoms with Gasteiger partial charge >= 0.3 is 0 Å². The molecule has 2 aromatic carbocycles. The molecule has 4 nitrogen and oxygen atoms in total. The van der Waals surface area contributed by atoms with Crippen LogP contribution in [0.3, 0.4) is 0 Å². The van der Waals surface area contributed by atoms with Gasteiger partial charge < -0.3 is 10.5 Å². The molecular weight excluding hydrogens is 487 g/mol. The number of nitrogens with one attached hydrogen (secondary N) is 1. The van der Waals surface area contributed by atoms with Crippen molar-refractivity contribution in [2.45, 2.75) is 6.61 Å². The molecule has 0 aliphatic carbocycles. The average Bonchev–Trinajstić information content (AvgIpc) is 2.48. The Bertz CT molecular complexity index is 777. The second-order valence-electron chi connectivity index (χ2n) is 4.58. The maximum atomic E-state index is 13.8. The molecule has 2 aromatic rings. The lowest BCUT2D eigenvalue weighted by molar-refractivity contribution is 0.0977. The van der Waals surface area contributed by atoms with Gasteiger partial charge in [-0.2, -0.15) is 0 Å². The van der Waals surface area contributed by atoms with Gasteiger partial charge in [-0.15, -0.1) is 0 Å². The van der Waals surface area contributed by atoms with Crippen molar-refractivity contribution in [2.24, 2.45) is 5.73 Å². The minimum Gasteiger partial charge on any atom is -0.486 e. The first-order chi connectivity index (χ1) is 11.3. The van der Waals surface area contributed by atoms with Crippen LogP contribution in [0.25, 0.3) is 0 Å². The predicted molar refractivity (Wildman–Crippen MR) is 102 cm³/mol. The molecule has 0 unspecified atom stereocenters. The van der Waals surface area contributed by atoms with Crippen LogP contribution < -0.4 is 15.8 Å². The van der Waals surface area contributed by atoms with Gasteiger partial charge in [-0.3, -0.25) is 10.1 Å². The molecule has 1 amide bonds. The molecule has 0 saturated heterocycles. The third kappa shape index (κ3) is 4.66. The molecule has 0 heterocycles. The number of halogens is 4. The number of carbonyl (C=O) groups is 1. The van der Waals surface area contributed by atoms with Crippen molar-refractivity contribution in [3.05, 3.63) is 61.2 Å². The van der Waals surface area contributed by atoms with Gasteiger partial charge in [0.1, 0.15) is 18.2 Å². The fraction of sp³-hybridized carbons (Fsp3) is 0.0667. The first-order valence-electron chi connectivity index (χ1n) is 6.45. The summed E-state index contributed by atoms with van der Waals surface area (Å²) in [6.45, 7) is -0.0683. The van der Waals surface area contributed by atoms with Crippen molar-refractivity contribution in [2.75, 3.05) is 0 Å². The van der Waals surface area contributed by atoms with Gasteiger partial charge in [-0.1, -0.05) is 17.7 Å². The largest absolute Gasteiger partial charge is 0.486 e. The van der Waals surface area contributed by atoms with Crippen LogP contribution in [-0.4, -0.2) is 11.0 Å². The predicted octanol–water partition coefficient (Wildman–Crippen LogP) is 4.56. The quantitative estimate of drug-likeness (QED) is 0.610. The lowest BCUT2D eigenvalue weighted by Gasteiger charge is -2.13. The normalized spacial score (nSPS) is 10.3. The van der Waals surface area contributed by atoms with Gasteiger partial charge in [0.15, 0.2) is 5.11 Å². The molecule has 0 atom stereocenters. The van der Waals surface area contributed by atoms with E-state index in [0.29, 0.717) is 20.3 Å². The van der Waals surface area contributed by atoms with Crippen molar-refractivity contribution < 1.29 is 13.9 Å². The maximum Gasteiger partial charge on any atom is 0.257 e. The third-order valence-electron chi connectivity index (χ3n) is 2.92. The fourth-order valence-electron chi connectivity index (χ4n) is 1.83. The van der Waals surface area contributed by atoms with Gasteiger partial charge in [0, 0.05) is 11.1 Å². The molecule has 2 rings (SSSR count). The summed E-state index contributed by atoms with van der Waals surface area (Å²) in [6.07, 6.45) is 0. The molecule has 0 aliphatic heterocycles. The molecule has 0 fully saturated rings. The molecule has 0 aromatic heterocycles. The molecule has 24 heavy (non-hydrogen) atoms. The lowest BCUT2D eigenvalue weighted by atomic mass is 10.2. The molecule has 0 saturated carbocycles. The highest BCUT2D eigenvalue weighted by Crippen LogP contribution is 2.36. The number of nitrogens with two attached hydrogens (primary N) is 1. The van der Waals surface area contributed by atoms with Crippen molar-refractivity contribution >= 4 is 66.7 Å². The van der Waals surface area contributed by atoms with Crippen LogP contribution in [0, 0.1) is 5.82 Å². The number of hydrogen-bond donors (Lipinski definition) is 2. The monoisotopic (exact) mass is 494 g/mol. The molecule has 9 heteroatoms. The van der Waals surface area contributed by atoms with Gasteiger partial charge in [0.2, 0.25) is 0 Å². The van der Waals surface area contributed by atoms with Crippen LogP contribution in [0.2, 0.25) is 5.02 Å². The number of thiocarbonyl (C=S) groups is 1. The number of ether oxygens (including phenoxy) is 1. The van der Waals surface area contributed by atoms with Crippen LogP contribution in [0.4, 0.5) is 4.39 Å². The Kier molecular flexibility index (Phi) is 6.56. The Morgan fingerprint density at radius 2 is 1.96 bits per heavy atom. The molecule has 0 spiro atoms. The summed E-state index contributed by atoms with van der Waals surface area (Å²) >= 11 is 17.2. The number of carbonyl (C=O) groups excluding carboxylic acids is 1. The topological polar surface area (TPSA) is 64.3 Å². The van der Waals surface area contributed by atoms with Crippen molar-refractivity contribution in [1.29, 1.82) is 0 Å². The van der Waals surface area contributed by atoms with Crippen molar-refractivity contribution in [3.63, 3.8) is 0 Å². The van der Waals surface area contributed by atoms with Crippen LogP contribution >= 0.6 is 55.7 Å². The van der Waals surface area contributed by atoms with E-state index in [2.05, 4.69) is 49.4 Å². The molecule has 0 aliphatic rings. The fourth-order valence-corrected chi connectivity index (χ4v) is 3.55.